The third-order valence-electron chi connectivity index (χ3n) is 4.80. The maximum absolute atomic E-state index is 13.0. The van der Waals surface area contributed by atoms with Crippen molar-refractivity contribution in [2.45, 2.75) is 0 Å². The molecule has 4 aromatic rings. The Labute approximate surface area is 197 Å². The minimum Gasteiger partial charge on any atom is -0.495 e. The highest BCUT2D eigenvalue weighted by Crippen LogP contribution is 2.42. The summed E-state index contributed by atoms with van der Waals surface area (Å²) in [4.78, 5) is 37.6. The zero-order chi connectivity index (χ0) is 23.7. The van der Waals surface area contributed by atoms with E-state index in [1.807, 2.05) is 0 Å². The van der Waals surface area contributed by atoms with E-state index in [2.05, 4.69) is 20.3 Å². The van der Waals surface area contributed by atoms with Gasteiger partial charge in [-0.2, -0.15) is 0 Å². The number of carbonyl (C=O) groups excluding carboxylic acids is 2. The van der Waals surface area contributed by atoms with Gasteiger partial charge < -0.3 is 21.5 Å². The van der Waals surface area contributed by atoms with Crippen molar-refractivity contribution in [1.29, 1.82) is 0 Å². The zero-order valence-electron chi connectivity index (χ0n) is 17.1. The summed E-state index contributed by atoms with van der Waals surface area (Å²) in [7, 11) is 1.39. The van der Waals surface area contributed by atoms with Crippen LogP contribution in [0.15, 0.2) is 48.8 Å². The molecule has 0 saturated heterocycles. The van der Waals surface area contributed by atoms with Crippen LogP contribution in [0.4, 0.5) is 11.5 Å². The van der Waals surface area contributed by atoms with Crippen LogP contribution in [0.2, 0.25) is 10.0 Å². The van der Waals surface area contributed by atoms with Crippen LogP contribution in [-0.4, -0.2) is 33.9 Å². The first-order valence-electron chi connectivity index (χ1n) is 9.45. The number of fused-ring (bicyclic) bond motifs is 1. The van der Waals surface area contributed by atoms with Gasteiger partial charge >= 0.3 is 0 Å². The molecule has 9 nitrogen and oxygen atoms in total. The van der Waals surface area contributed by atoms with Gasteiger partial charge in [-0.3, -0.25) is 14.6 Å². The Morgan fingerprint density at radius 2 is 1.85 bits per heavy atom. The van der Waals surface area contributed by atoms with Crippen molar-refractivity contribution in [3.63, 3.8) is 0 Å². The fraction of sp³-hybridized carbons (Fsp3) is 0.0455. The predicted octanol–water partition coefficient (Wildman–Crippen LogP) is 3.94. The molecule has 2 amide bonds. The Morgan fingerprint density at radius 1 is 1.06 bits per heavy atom. The summed E-state index contributed by atoms with van der Waals surface area (Å²) in [5, 5.41) is 3.17. The molecule has 33 heavy (non-hydrogen) atoms. The first-order valence-corrected chi connectivity index (χ1v) is 10.2. The van der Waals surface area contributed by atoms with Gasteiger partial charge in [0.25, 0.3) is 11.8 Å². The lowest BCUT2D eigenvalue weighted by Gasteiger charge is -2.15. The molecule has 0 aliphatic carbocycles. The number of benzene rings is 2. The molecular weight excluding hydrogens is 467 g/mol. The lowest BCUT2D eigenvalue weighted by molar-refractivity contribution is 0.0999. The van der Waals surface area contributed by atoms with Gasteiger partial charge in [0.1, 0.15) is 11.6 Å². The lowest BCUT2D eigenvalue weighted by Crippen LogP contribution is -2.14. The highest BCUT2D eigenvalue weighted by atomic mass is 35.5. The highest BCUT2D eigenvalue weighted by Gasteiger charge is 2.25. The van der Waals surface area contributed by atoms with E-state index in [0.717, 1.165) is 0 Å². The molecule has 0 aliphatic heterocycles. The van der Waals surface area contributed by atoms with Crippen LogP contribution in [0.3, 0.4) is 0 Å². The molecule has 0 bridgehead atoms. The number of halogens is 2. The van der Waals surface area contributed by atoms with Crippen LogP contribution in [0.5, 0.6) is 5.75 Å². The number of ether oxygens (including phenoxy) is 1. The molecule has 0 fully saturated rings. The normalized spacial score (nSPS) is 10.8. The average molecular weight is 483 g/mol. The fourth-order valence-corrected chi connectivity index (χ4v) is 3.92. The number of methoxy groups -OCH3 is 1. The Balaban J connectivity index is 1.93. The summed E-state index contributed by atoms with van der Waals surface area (Å²) >= 11 is 13.1. The number of aromatic nitrogens is 3. The summed E-state index contributed by atoms with van der Waals surface area (Å²) in [6, 6.07) is 9.54. The van der Waals surface area contributed by atoms with E-state index in [1.165, 1.54) is 25.4 Å². The summed E-state index contributed by atoms with van der Waals surface area (Å²) in [6.07, 6.45) is 3.06. The van der Waals surface area contributed by atoms with Crippen molar-refractivity contribution in [1.82, 2.24) is 15.0 Å². The smallest absolute Gasteiger partial charge is 0.257 e. The second kappa shape index (κ2) is 8.89. The van der Waals surface area contributed by atoms with Crippen molar-refractivity contribution in [3.05, 3.63) is 70.0 Å². The fourth-order valence-electron chi connectivity index (χ4n) is 3.24. The number of hydrogen-bond donors (Lipinski definition) is 3. The van der Waals surface area contributed by atoms with Crippen LogP contribution in [0.1, 0.15) is 20.7 Å². The maximum atomic E-state index is 13.0. The number of hydrogen-bond acceptors (Lipinski definition) is 7. The molecule has 0 atom stereocenters. The monoisotopic (exact) mass is 482 g/mol. The highest BCUT2D eigenvalue weighted by molar-refractivity contribution is 6.42. The SMILES string of the molecule is COc1cc(C(=O)Nc2cccnc2)c(Cl)c(-c2nc(N)c3cccc(C(N)=O)c3n2)c1Cl. The van der Waals surface area contributed by atoms with Crippen molar-refractivity contribution >= 4 is 57.4 Å². The Kier molecular flexibility index (Phi) is 5.99. The van der Waals surface area contributed by atoms with E-state index < -0.39 is 11.8 Å². The first-order chi connectivity index (χ1) is 15.8. The van der Waals surface area contributed by atoms with E-state index in [0.29, 0.717) is 11.1 Å². The molecule has 166 valence electrons. The van der Waals surface area contributed by atoms with Crippen LogP contribution in [0.25, 0.3) is 22.3 Å². The number of para-hydroxylation sites is 1. The Bertz CT molecular complexity index is 1410. The van der Waals surface area contributed by atoms with Gasteiger partial charge in [0, 0.05) is 11.6 Å². The number of nitrogen functional groups attached to an aromatic ring is 1. The molecule has 4 rings (SSSR count). The van der Waals surface area contributed by atoms with Crippen LogP contribution in [-0.2, 0) is 0 Å². The quantitative estimate of drug-likeness (QED) is 0.390. The summed E-state index contributed by atoms with van der Waals surface area (Å²) in [6.45, 7) is 0. The molecule has 0 unspecified atom stereocenters. The topological polar surface area (TPSA) is 146 Å². The van der Waals surface area contributed by atoms with E-state index in [9.17, 15) is 9.59 Å². The average Bonchev–Trinajstić information content (AvgIpc) is 2.79. The molecule has 5 N–H and O–H groups in total. The third kappa shape index (κ3) is 4.11. The minimum absolute atomic E-state index is 0.00183. The Morgan fingerprint density at radius 3 is 2.52 bits per heavy atom. The second-order valence-electron chi connectivity index (χ2n) is 6.82. The molecule has 0 saturated carbocycles. The van der Waals surface area contributed by atoms with E-state index in [4.69, 9.17) is 39.4 Å². The van der Waals surface area contributed by atoms with Crippen molar-refractivity contribution in [3.8, 4) is 17.1 Å². The molecule has 0 radical (unpaired) electrons. The third-order valence-corrected chi connectivity index (χ3v) is 5.56. The first kappa shape index (κ1) is 22.3. The molecule has 0 aliphatic rings. The van der Waals surface area contributed by atoms with Crippen LogP contribution in [0, 0.1) is 0 Å². The number of nitrogens with zero attached hydrogens (tertiary/aromatic N) is 3. The number of anilines is 2. The van der Waals surface area contributed by atoms with E-state index in [-0.39, 0.29) is 49.6 Å². The number of amides is 2. The summed E-state index contributed by atoms with van der Waals surface area (Å²) < 4.78 is 5.34. The number of rotatable bonds is 5. The minimum atomic E-state index is -0.691. The van der Waals surface area contributed by atoms with Gasteiger partial charge in [-0.05, 0) is 30.3 Å². The number of carbonyl (C=O) groups is 2. The summed E-state index contributed by atoms with van der Waals surface area (Å²) in [5.41, 5.74) is 12.6. The van der Waals surface area contributed by atoms with Gasteiger partial charge in [0.05, 0.1) is 51.2 Å². The number of nitrogens with one attached hydrogen (secondary N) is 1. The zero-order valence-corrected chi connectivity index (χ0v) is 18.6. The Hall–Kier alpha value is -3.95. The van der Waals surface area contributed by atoms with E-state index >= 15 is 0 Å². The van der Waals surface area contributed by atoms with Crippen molar-refractivity contribution < 1.29 is 14.3 Å². The lowest BCUT2D eigenvalue weighted by atomic mass is 10.1. The summed E-state index contributed by atoms with van der Waals surface area (Å²) in [5.74, 6) is -0.981. The van der Waals surface area contributed by atoms with Gasteiger partial charge in [0.15, 0.2) is 5.82 Å². The van der Waals surface area contributed by atoms with Gasteiger partial charge in [-0.1, -0.05) is 29.3 Å². The van der Waals surface area contributed by atoms with Crippen molar-refractivity contribution in [2.75, 3.05) is 18.2 Å². The van der Waals surface area contributed by atoms with Crippen LogP contribution >= 0.6 is 23.2 Å². The van der Waals surface area contributed by atoms with Gasteiger partial charge in [0.2, 0.25) is 0 Å². The molecule has 0 spiro atoms. The number of pyridine rings is 1. The van der Waals surface area contributed by atoms with Crippen molar-refractivity contribution in [2.24, 2.45) is 5.73 Å². The number of primary amides is 1. The van der Waals surface area contributed by atoms with Gasteiger partial charge in [-0.15, -0.1) is 0 Å². The molecule has 2 heterocycles. The predicted molar refractivity (Wildman–Crippen MR) is 127 cm³/mol. The maximum Gasteiger partial charge on any atom is 0.257 e. The molecule has 11 heteroatoms. The second-order valence-corrected chi connectivity index (χ2v) is 7.58. The van der Waals surface area contributed by atoms with E-state index in [1.54, 1.807) is 30.5 Å². The molecular formula is C22H16Cl2N6O3. The standard InChI is InChI=1S/C22H16Cl2N6O3/c1-33-14-8-13(22(32)28-10-4-3-7-27-9-10)16(23)15(17(14)24)21-29-18-11(19(25)30-21)5-2-6-12(18)20(26)31/h2-9H,1H3,(H2,26,31)(H,28,32)(H2,25,29,30). The van der Waals surface area contributed by atoms with Gasteiger partial charge in [-0.25, -0.2) is 9.97 Å². The molecule has 2 aromatic carbocycles. The largest absolute Gasteiger partial charge is 0.495 e. The van der Waals surface area contributed by atoms with Crippen LogP contribution < -0.4 is 21.5 Å². The number of nitrogens with two attached hydrogens (primary N) is 2. The molecule has 2 aromatic heterocycles.